The molecule has 3 aromatic carbocycles. The minimum atomic E-state index is -0.579. The van der Waals surface area contributed by atoms with Gasteiger partial charge in [0.15, 0.2) is 0 Å². The molecule has 140 valence electrons. The average Bonchev–Trinajstić information content (AvgIpc) is 2.73. The summed E-state index contributed by atoms with van der Waals surface area (Å²) in [7, 11) is 0. The van der Waals surface area contributed by atoms with Gasteiger partial charge in [-0.15, -0.1) is 0 Å². The highest BCUT2D eigenvalue weighted by atomic mass is 35.5. The number of carbonyl (C=O) groups excluding carboxylic acids is 3. The quantitative estimate of drug-likeness (QED) is 0.591. The van der Waals surface area contributed by atoms with Crippen molar-refractivity contribution in [3.8, 4) is 0 Å². The lowest BCUT2D eigenvalue weighted by Gasteiger charge is -2.12. The predicted molar refractivity (Wildman–Crippen MR) is 107 cm³/mol. The second-order valence-electron chi connectivity index (χ2n) is 5.75. The van der Waals surface area contributed by atoms with Crippen LogP contribution in [-0.4, -0.2) is 17.7 Å². The molecule has 3 N–H and O–H groups in total. The van der Waals surface area contributed by atoms with Crippen molar-refractivity contribution >= 4 is 35.0 Å². The zero-order valence-corrected chi connectivity index (χ0v) is 15.4. The van der Waals surface area contributed by atoms with E-state index in [0.29, 0.717) is 11.3 Å². The van der Waals surface area contributed by atoms with Gasteiger partial charge in [0.2, 0.25) is 0 Å². The second-order valence-corrected chi connectivity index (χ2v) is 6.16. The van der Waals surface area contributed by atoms with Crippen LogP contribution in [0.4, 0.5) is 5.69 Å². The van der Waals surface area contributed by atoms with E-state index in [1.165, 1.54) is 12.1 Å². The lowest BCUT2D eigenvalue weighted by atomic mass is 10.1. The van der Waals surface area contributed by atoms with Gasteiger partial charge in [0.05, 0.1) is 21.8 Å². The van der Waals surface area contributed by atoms with Crippen LogP contribution < -0.4 is 16.2 Å². The van der Waals surface area contributed by atoms with Gasteiger partial charge in [-0.05, 0) is 36.4 Å². The van der Waals surface area contributed by atoms with Crippen molar-refractivity contribution in [1.82, 2.24) is 10.9 Å². The molecule has 0 fully saturated rings. The third-order valence-electron chi connectivity index (χ3n) is 3.86. The number of para-hydroxylation sites is 1. The molecular formula is C21H16ClN3O3. The van der Waals surface area contributed by atoms with Gasteiger partial charge >= 0.3 is 0 Å². The Kier molecular flexibility index (Phi) is 6.04. The number of nitrogens with one attached hydrogen (secondary N) is 3. The number of amides is 3. The van der Waals surface area contributed by atoms with Crippen molar-refractivity contribution in [2.24, 2.45) is 0 Å². The van der Waals surface area contributed by atoms with Crippen LogP contribution in [0.1, 0.15) is 31.1 Å². The summed E-state index contributed by atoms with van der Waals surface area (Å²) < 4.78 is 0. The van der Waals surface area contributed by atoms with Gasteiger partial charge < -0.3 is 5.32 Å². The molecule has 28 heavy (non-hydrogen) atoms. The second kappa shape index (κ2) is 8.83. The number of hydrogen-bond acceptors (Lipinski definition) is 3. The number of hydrazine groups is 1. The van der Waals surface area contributed by atoms with E-state index in [9.17, 15) is 14.4 Å². The van der Waals surface area contributed by atoms with E-state index in [4.69, 9.17) is 11.6 Å². The first-order chi connectivity index (χ1) is 13.6. The number of rotatable bonds is 4. The van der Waals surface area contributed by atoms with Gasteiger partial charge in [-0.3, -0.25) is 25.2 Å². The van der Waals surface area contributed by atoms with Gasteiger partial charge in [-0.25, -0.2) is 0 Å². The Morgan fingerprint density at radius 2 is 1.14 bits per heavy atom. The van der Waals surface area contributed by atoms with Crippen molar-refractivity contribution in [3.05, 3.63) is 101 Å². The SMILES string of the molecule is O=C(Nc1ccccc1C(=O)NNC(=O)c1ccccc1Cl)c1ccccc1. The first kappa shape index (κ1) is 19.1. The molecule has 7 heteroatoms. The standard InChI is InChI=1S/C21H16ClN3O3/c22-17-12-6-4-10-15(17)20(27)24-25-21(28)16-11-5-7-13-18(16)23-19(26)14-8-2-1-3-9-14/h1-13H,(H,23,26)(H,24,27)(H,25,28). The summed E-state index contributed by atoms with van der Waals surface area (Å²) in [5, 5.41) is 2.97. The molecule has 0 aliphatic carbocycles. The Bertz CT molecular complexity index is 1020. The van der Waals surface area contributed by atoms with E-state index in [1.807, 2.05) is 0 Å². The van der Waals surface area contributed by atoms with Crippen LogP contribution >= 0.6 is 11.6 Å². The van der Waals surface area contributed by atoms with Gasteiger partial charge in [0, 0.05) is 5.56 Å². The maximum Gasteiger partial charge on any atom is 0.271 e. The maximum absolute atomic E-state index is 12.5. The molecule has 3 rings (SSSR count). The van der Waals surface area contributed by atoms with Gasteiger partial charge in [0.1, 0.15) is 0 Å². The highest BCUT2D eigenvalue weighted by Crippen LogP contribution is 2.17. The Morgan fingerprint density at radius 1 is 0.607 bits per heavy atom. The molecule has 0 saturated heterocycles. The Labute approximate surface area is 166 Å². The lowest BCUT2D eigenvalue weighted by Crippen LogP contribution is -2.42. The lowest BCUT2D eigenvalue weighted by molar-refractivity contribution is 0.0847. The largest absolute Gasteiger partial charge is 0.321 e. The molecule has 0 saturated carbocycles. The molecule has 6 nitrogen and oxygen atoms in total. The molecule has 0 spiro atoms. The minimum absolute atomic E-state index is 0.200. The summed E-state index contributed by atoms with van der Waals surface area (Å²) in [4.78, 5) is 37.0. The van der Waals surface area contributed by atoms with Gasteiger partial charge in [0.25, 0.3) is 17.7 Å². The highest BCUT2D eigenvalue weighted by molar-refractivity contribution is 6.33. The van der Waals surface area contributed by atoms with Gasteiger partial charge in [-0.1, -0.05) is 54.1 Å². The predicted octanol–water partition coefficient (Wildman–Crippen LogP) is 3.67. The van der Waals surface area contributed by atoms with E-state index in [-0.39, 0.29) is 22.1 Å². The van der Waals surface area contributed by atoms with Crippen LogP contribution in [0.15, 0.2) is 78.9 Å². The van der Waals surface area contributed by atoms with Crippen LogP contribution in [0.5, 0.6) is 0 Å². The monoisotopic (exact) mass is 393 g/mol. The van der Waals surface area contributed by atoms with Crippen molar-refractivity contribution in [3.63, 3.8) is 0 Å². The fourth-order valence-corrected chi connectivity index (χ4v) is 2.69. The van der Waals surface area contributed by atoms with E-state index in [2.05, 4.69) is 16.2 Å². The summed E-state index contributed by atoms with van der Waals surface area (Å²) in [5.74, 6) is -1.48. The van der Waals surface area contributed by atoms with Crippen LogP contribution in [0.25, 0.3) is 0 Å². The minimum Gasteiger partial charge on any atom is -0.321 e. The molecular weight excluding hydrogens is 378 g/mol. The molecule has 0 atom stereocenters. The van der Waals surface area contributed by atoms with Crippen molar-refractivity contribution < 1.29 is 14.4 Å². The molecule has 3 amide bonds. The number of anilines is 1. The number of halogens is 1. The third kappa shape index (κ3) is 4.55. The van der Waals surface area contributed by atoms with Gasteiger partial charge in [-0.2, -0.15) is 0 Å². The normalized spacial score (nSPS) is 10.0. The summed E-state index contributed by atoms with van der Waals surface area (Å²) in [6.07, 6.45) is 0. The molecule has 0 heterocycles. The summed E-state index contributed by atoms with van der Waals surface area (Å²) in [6, 6.07) is 21.6. The van der Waals surface area contributed by atoms with Crippen molar-refractivity contribution in [2.45, 2.75) is 0 Å². The first-order valence-electron chi connectivity index (χ1n) is 8.37. The molecule has 0 aliphatic rings. The molecule has 3 aromatic rings. The van der Waals surface area contributed by atoms with E-state index in [1.54, 1.807) is 66.7 Å². The van der Waals surface area contributed by atoms with E-state index in [0.717, 1.165) is 0 Å². The average molecular weight is 394 g/mol. The molecule has 0 aromatic heterocycles. The Hall–Kier alpha value is -3.64. The summed E-state index contributed by atoms with van der Waals surface area (Å²) in [6.45, 7) is 0. The third-order valence-corrected chi connectivity index (χ3v) is 4.19. The highest BCUT2D eigenvalue weighted by Gasteiger charge is 2.16. The topological polar surface area (TPSA) is 87.3 Å². The number of carbonyl (C=O) groups is 3. The van der Waals surface area contributed by atoms with Crippen LogP contribution in [0.3, 0.4) is 0 Å². The fraction of sp³-hybridized carbons (Fsp3) is 0. The molecule has 0 bridgehead atoms. The van der Waals surface area contributed by atoms with Crippen LogP contribution in [0.2, 0.25) is 5.02 Å². The smallest absolute Gasteiger partial charge is 0.271 e. The molecule has 0 unspecified atom stereocenters. The van der Waals surface area contributed by atoms with Crippen molar-refractivity contribution in [2.75, 3.05) is 5.32 Å². The summed E-state index contributed by atoms with van der Waals surface area (Å²) >= 11 is 5.97. The molecule has 0 radical (unpaired) electrons. The van der Waals surface area contributed by atoms with Crippen LogP contribution in [-0.2, 0) is 0 Å². The zero-order chi connectivity index (χ0) is 19.9. The summed E-state index contributed by atoms with van der Waals surface area (Å²) in [5.41, 5.74) is 5.86. The number of benzene rings is 3. The van der Waals surface area contributed by atoms with E-state index >= 15 is 0 Å². The Balaban J connectivity index is 1.70. The first-order valence-corrected chi connectivity index (χ1v) is 8.74. The van der Waals surface area contributed by atoms with E-state index < -0.39 is 11.8 Å². The molecule has 0 aliphatic heterocycles. The van der Waals surface area contributed by atoms with Crippen molar-refractivity contribution in [1.29, 1.82) is 0 Å². The fourth-order valence-electron chi connectivity index (χ4n) is 2.47. The maximum atomic E-state index is 12.5. The Morgan fingerprint density at radius 3 is 1.82 bits per heavy atom. The zero-order valence-electron chi connectivity index (χ0n) is 14.6. The van der Waals surface area contributed by atoms with Crippen LogP contribution in [0, 0.1) is 0 Å². The number of hydrogen-bond donors (Lipinski definition) is 3.